The van der Waals surface area contributed by atoms with E-state index >= 15 is 0 Å². The van der Waals surface area contributed by atoms with Crippen LogP contribution in [0, 0.1) is 5.92 Å². The fourth-order valence-corrected chi connectivity index (χ4v) is 4.83. The summed E-state index contributed by atoms with van der Waals surface area (Å²) >= 11 is 2.16. The molecule has 2 nitrogen and oxygen atoms in total. The van der Waals surface area contributed by atoms with Crippen LogP contribution in [0.25, 0.3) is 0 Å². The Kier molecular flexibility index (Phi) is 5.84. The molecule has 1 saturated carbocycles. The number of hydrogen-bond donors (Lipinski definition) is 1. The Hall–Kier alpha value is 0.270. The third-order valence-electron chi connectivity index (χ3n) is 4.68. The van der Waals surface area contributed by atoms with E-state index in [1.807, 2.05) is 0 Å². The lowest BCUT2D eigenvalue weighted by Gasteiger charge is -2.36. The lowest BCUT2D eigenvalue weighted by atomic mass is 9.91. The van der Waals surface area contributed by atoms with Crippen molar-refractivity contribution in [3.05, 3.63) is 0 Å². The van der Waals surface area contributed by atoms with Crippen LogP contribution in [0.4, 0.5) is 0 Å². The molecule has 1 saturated heterocycles. The normalized spacial score (nSPS) is 35.8. The lowest BCUT2D eigenvalue weighted by molar-refractivity contribution is 0.173. The zero-order valence-electron chi connectivity index (χ0n) is 12.3. The molecule has 0 aromatic carbocycles. The Morgan fingerprint density at radius 1 is 1.28 bits per heavy atom. The monoisotopic (exact) mass is 270 g/mol. The molecule has 1 aliphatic heterocycles. The van der Waals surface area contributed by atoms with Crippen LogP contribution in [0.5, 0.6) is 0 Å². The number of likely N-dealkylation sites (tertiary alicyclic amines) is 1. The number of rotatable bonds is 5. The molecular weight excluding hydrogens is 240 g/mol. The molecule has 4 atom stereocenters. The van der Waals surface area contributed by atoms with Crippen LogP contribution >= 0.6 is 11.8 Å². The second-order valence-corrected chi connectivity index (χ2v) is 7.67. The summed E-state index contributed by atoms with van der Waals surface area (Å²) in [7, 11) is 2.27. The van der Waals surface area contributed by atoms with Gasteiger partial charge in [0.1, 0.15) is 0 Å². The highest BCUT2D eigenvalue weighted by Gasteiger charge is 2.30. The minimum absolute atomic E-state index is 0.691. The topological polar surface area (TPSA) is 15.3 Å². The van der Waals surface area contributed by atoms with Gasteiger partial charge in [0.2, 0.25) is 0 Å². The van der Waals surface area contributed by atoms with Crippen LogP contribution in [-0.2, 0) is 0 Å². The Balaban J connectivity index is 1.80. The molecule has 106 valence electrons. The van der Waals surface area contributed by atoms with E-state index in [1.165, 1.54) is 50.9 Å². The first-order valence-corrected chi connectivity index (χ1v) is 8.81. The highest BCUT2D eigenvalue weighted by atomic mass is 32.2. The van der Waals surface area contributed by atoms with Crippen LogP contribution in [0.1, 0.15) is 46.0 Å². The van der Waals surface area contributed by atoms with E-state index in [0.717, 1.165) is 17.2 Å². The van der Waals surface area contributed by atoms with E-state index in [0.29, 0.717) is 6.04 Å². The molecule has 0 aromatic rings. The third kappa shape index (κ3) is 3.88. The first kappa shape index (κ1) is 14.7. The van der Waals surface area contributed by atoms with Gasteiger partial charge in [0.25, 0.3) is 0 Å². The van der Waals surface area contributed by atoms with Crippen molar-refractivity contribution in [2.24, 2.45) is 5.92 Å². The summed E-state index contributed by atoms with van der Waals surface area (Å²) in [4.78, 5) is 2.50. The number of nitrogens with zero attached hydrogens (tertiary/aromatic N) is 1. The molecule has 18 heavy (non-hydrogen) atoms. The molecule has 0 radical (unpaired) electrons. The number of nitrogens with one attached hydrogen (secondary N) is 1. The molecule has 3 heteroatoms. The molecule has 0 aromatic heterocycles. The van der Waals surface area contributed by atoms with Gasteiger partial charge in [0.05, 0.1) is 0 Å². The zero-order valence-corrected chi connectivity index (χ0v) is 13.1. The largest absolute Gasteiger partial charge is 0.310 e. The van der Waals surface area contributed by atoms with Crippen molar-refractivity contribution in [3.8, 4) is 0 Å². The van der Waals surface area contributed by atoms with Crippen LogP contribution in [0.2, 0.25) is 0 Å². The zero-order chi connectivity index (χ0) is 13.0. The fraction of sp³-hybridized carbons (Fsp3) is 1.00. The molecule has 1 N–H and O–H groups in total. The molecule has 0 amide bonds. The third-order valence-corrected chi connectivity index (χ3v) is 6.00. The molecule has 2 fully saturated rings. The van der Waals surface area contributed by atoms with Gasteiger partial charge < -0.3 is 10.2 Å². The molecular formula is C15H30N2S. The molecule has 4 unspecified atom stereocenters. The number of thioether (sulfide) groups is 1. The second kappa shape index (κ2) is 7.16. The summed E-state index contributed by atoms with van der Waals surface area (Å²) in [6, 6.07) is 1.47. The highest BCUT2D eigenvalue weighted by Crippen LogP contribution is 2.31. The maximum absolute atomic E-state index is 3.96. The van der Waals surface area contributed by atoms with Crippen molar-refractivity contribution in [3.63, 3.8) is 0 Å². The summed E-state index contributed by atoms with van der Waals surface area (Å²) in [6.45, 7) is 7.28. The Morgan fingerprint density at radius 3 is 2.83 bits per heavy atom. The summed E-state index contributed by atoms with van der Waals surface area (Å²) in [5, 5.41) is 4.83. The van der Waals surface area contributed by atoms with Crippen molar-refractivity contribution >= 4 is 11.8 Å². The minimum Gasteiger partial charge on any atom is -0.310 e. The van der Waals surface area contributed by atoms with Crippen LogP contribution in [0.15, 0.2) is 0 Å². The Morgan fingerprint density at radius 2 is 2.11 bits per heavy atom. The maximum atomic E-state index is 3.96. The lowest BCUT2D eigenvalue weighted by Crippen LogP contribution is -2.48. The Labute approximate surface area is 117 Å². The van der Waals surface area contributed by atoms with Gasteiger partial charge in [0, 0.05) is 23.9 Å². The predicted octanol–water partition coefficient (Wildman–Crippen LogP) is 2.98. The minimum atomic E-state index is 0.691. The van der Waals surface area contributed by atoms with E-state index in [-0.39, 0.29) is 0 Å². The number of piperidine rings is 1. The van der Waals surface area contributed by atoms with Crippen LogP contribution in [0.3, 0.4) is 0 Å². The standard InChI is InChI=1S/C15H30N2S/c1-4-18-15-9-5-8-14(15)16-12(2)13-7-6-10-17(3)11-13/h12-16H,4-11H2,1-3H3. The van der Waals surface area contributed by atoms with Crippen molar-refractivity contribution in [1.29, 1.82) is 0 Å². The average molecular weight is 270 g/mol. The van der Waals surface area contributed by atoms with Gasteiger partial charge in [-0.2, -0.15) is 11.8 Å². The average Bonchev–Trinajstić information content (AvgIpc) is 2.77. The first-order chi connectivity index (χ1) is 8.70. The van der Waals surface area contributed by atoms with Crippen molar-refractivity contribution < 1.29 is 0 Å². The second-order valence-electron chi connectivity index (χ2n) is 6.15. The Bertz CT molecular complexity index is 247. The quantitative estimate of drug-likeness (QED) is 0.827. The molecule has 0 spiro atoms. The van der Waals surface area contributed by atoms with Gasteiger partial charge in [-0.3, -0.25) is 0 Å². The van der Waals surface area contributed by atoms with Gasteiger partial charge in [-0.15, -0.1) is 0 Å². The van der Waals surface area contributed by atoms with E-state index in [9.17, 15) is 0 Å². The predicted molar refractivity (Wildman–Crippen MR) is 82.4 cm³/mol. The van der Waals surface area contributed by atoms with Crippen LogP contribution < -0.4 is 5.32 Å². The smallest absolute Gasteiger partial charge is 0.0201 e. The molecule has 1 heterocycles. The van der Waals surface area contributed by atoms with E-state index < -0.39 is 0 Å². The van der Waals surface area contributed by atoms with Crippen molar-refractivity contribution in [1.82, 2.24) is 10.2 Å². The highest BCUT2D eigenvalue weighted by molar-refractivity contribution is 7.99. The summed E-state index contributed by atoms with van der Waals surface area (Å²) in [5.41, 5.74) is 0. The summed E-state index contributed by atoms with van der Waals surface area (Å²) in [5.74, 6) is 2.13. The van der Waals surface area contributed by atoms with E-state index in [2.05, 4.69) is 42.9 Å². The number of hydrogen-bond acceptors (Lipinski definition) is 3. The fourth-order valence-electron chi connectivity index (χ4n) is 3.62. The first-order valence-electron chi connectivity index (χ1n) is 7.77. The van der Waals surface area contributed by atoms with Crippen LogP contribution in [-0.4, -0.2) is 48.1 Å². The van der Waals surface area contributed by atoms with Crippen molar-refractivity contribution in [2.45, 2.75) is 63.3 Å². The maximum Gasteiger partial charge on any atom is 0.0201 e. The molecule has 0 bridgehead atoms. The summed E-state index contributed by atoms with van der Waals surface area (Å²) in [6.07, 6.45) is 7.03. The molecule has 2 aliphatic rings. The van der Waals surface area contributed by atoms with Gasteiger partial charge in [-0.25, -0.2) is 0 Å². The van der Waals surface area contributed by atoms with E-state index in [1.54, 1.807) is 0 Å². The molecule has 1 aliphatic carbocycles. The van der Waals surface area contributed by atoms with E-state index in [4.69, 9.17) is 0 Å². The van der Waals surface area contributed by atoms with Gasteiger partial charge in [-0.1, -0.05) is 13.3 Å². The van der Waals surface area contributed by atoms with Gasteiger partial charge >= 0.3 is 0 Å². The SMILES string of the molecule is CCSC1CCCC1NC(C)C1CCCN(C)C1. The van der Waals surface area contributed by atoms with Gasteiger partial charge in [0.15, 0.2) is 0 Å². The molecule has 2 rings (SSSR count). The van der Waals surface area contributed by atoms with Gasteiger partial charge in [-0.05, 0) is 57.9 Å². The van der Waals surface area contributed by atoms with Crippen molar-refractivity contribution in [2.75, 3.05) is 25.9 Å². The summed E-state index contributed by atoms with van der Waals surface area (Å²) < 4.78 is 0.